The van der Waals surface area contributed by atoms with Crippen molar-refractivity contribution >= 4 is 17.1 Å². The van der Waals surface area contributed by atoms with Gasteiger partial charge in [-0.1, -0.05) is 202 Å². The van der Waals surface area contributed by atoms with Gasteiger partial charge < -0.3 is 0 Å². The van der Waals surface area contributed by atoms with Crippen molar-refractivity contribution in [3.05, 3.63) is 233 Å². The molecule has 0 aliphatic heterocycles. The Bertz CT molecular complexity index is 2430. The predicted octanol–water partition coefficient (Wildman–Crippen LogP) is 15.1. The minimum Gasteiger partial charge on any atom is -0.261 e. The van der Waals surface area contributed by atoms with Gasteiger partial charge >= 0.3 is 0 Å². The van der Waals surface area contributed by atoms with Gasteiger partial charge in [0.2, 0.25) is 0 Å². The summed E-state index contributed by atoms with van der Waals surface area (Å²) in [4.78, 5) is 10.6. The normalized spacial score (nSPS) is 16.2. The lowest BCUT2D eigenvalue weighted by Gasteiger charge is -2.22. The Morgan fingerprint density at radius 1 is 0.655 bits per heavy atom. The number of hydrogen-bond donors (Lipinski definition) is 0. The third-order valence-electron chi connectivity index (χ3n) is 11.2. The molecule has 1 unspecified atom stereocenters. The molecule has 5 aromatic carbocycles. The van der Waals surface area contributed by atoms with Crippen LogP contribution in [0.3, 0.4) is 0 Å². The van der Waals surface area contributed by atoms with Crippen molar-refractivity contribution in [2.75, 3.05) is 0 Å². The van der Waals surface area contributed by atoms with Gasteiger partial charge in [0.25, 0.3) is 0 Å². The molecule has 0 radical (unpaired) electrons. The summed E-state index contributed by atoms with van der Waals surface area (Å²) in [5.74, 6) is 1.18. The highest BCUT2D eigenvalue weighted by Crippen LogP contribution is 2.37. The Labute approximate surface area is 346 Å². The average Bonchev–Trinajstić information content (AvgIpc) is 3.30. The summed E-state index contributed by atoms with van der Waals surface area (Å²) in [5.41, 5.74) is 16.9. The van der Waals surface area contributed by atoms with Crippen LogP contribution in [-0.2, 0) is 6.54 Å². The van der Waals surface area contributed by atoms with Gasteiger partial charge in [0.15, 0.2) is 5.84 Å². The maximum atomic E-state index is 5.38. The first-order valence-electron chi connectivity index (χ1n) is 20.9. The van der Waals surface area contributed by atoms with Gasteiger partial charge in [-0.25, -0.2) is 4.99 Å². The van der Waals surface area contributed by atoms with Crippen LogP contribution in [0.25, 0.3) is 27.8 Å². The fraction of sp³-hybridized carbons (Fsp3) is 0.179. The third kappa shape index (κ3) is 9.76. The topological polar surface area (TPSA) is 24.7 Å². The lowest BCUT2D eigenvalue weighted by atomic mass is 9.83. The van der Waals surface area contributed by atoms with Crippen LogP contribution in [0.5, 0.6) is 0 Å². The molecule has 5 aromatic rings. The maximum absolute atomic E-state index is 5.38. The first kappa shape index (κ1) is 39.8. The van der Waals surface area contributed by atoms with Crippen LogP contribution in [0.2, 0.25) is 0 Å². The van der Waals surface area contributed by atoms with Crippen LogP contribution in [0.4, 0.5) is 0 Å². The number of nitrogens with zero attached hydrogens (tertiary/aromatic N) is 2. The smallest absolute Gasteiger partial charge is 0.155 e. The van der Waals surface area contributed by atoms with Crippen molar-refractivity contribution in [1.82, 2.24) is 0 Å². The molecule has 0 saturated heterocycles. The van der Waals surface area contributed by atoms with Gasteiger partial charge in [0.05, 0.1) is 6.54 Å². The van der Waals surface area contributed by atoms with Crippen LogP contribution in [0.15, 0.2) is 221 Å². The fourth-order valence-electron chi connectivity index (χ4n) is 7.82. The zero-order valence-electron chi connectivity index (χ0n) is 34.2. The van der Waals surface area contributed by atoms with E-state index in [9.17, 15) is 0 Å². The standard InChI is InChI=1S/C56H54N2/c1-5-17-53(49-32-28-47(29-33-49)44-20-13-9-14-21-44)55(41(4)6-2)51-36-34-50(35-37-51)54(7-3)58-56(52-38-30-48(31-39-52)45-22-15-10-16-23-45)57-40-42-24-26-46(27-25-42)43-18-11-8-12-19-43/h5,8-22,24-34,36,38-39,45H,4,6-7,23,35,37,40H2,1-3H3/b17-5-,55-53-,57-56?,58-54?. The molecule has 2 aliphatic rings. The van der Waals surface area contributed by atoms with E-state index in [0.717, 1.165) is 60.4 Å². The van der Waals surface area contributed by atoms with Gasteiger partial charge in [-0.15, -0.1) is 0 Å². The van der Waals surface area contributed by atoms with Crippen LogP contribution in [-0.4, -0.2) is 11.5 Å². The van der Waals surface area contributed by atoms with E-state index in [0.29, 0.717) is 12.5 Å². The molecule has 288 valence electrons. The number of rotatable bonds is 13. The van der Waals surface area contributed by atoms with E-state index >= 15 is 0 Å². The molecule has 0 amide bonds. The van der Waals surface area contributed by atoms with Crippen LogP contribution < -0.4 is 0 Å². The summed E-state index contributed by atoms with van der Waals surface area (Å²) in [7, 11) is 0. The van der Waals surface area contributed by atoms with Crippen LogP contribution in [0.1, 0.15) is 81.0 Å². The molecular formula is C56H54N2. The molecule has 2 heteroatoms. The Morgan fingerprint density at radius 3 is 1.79 bits per heavy atom. The second-order valence-electron chi connectivity index (χ2n) is 15.0. The Morgan fingerprint density at radius 2 is 1.24 bits per heavy atom. The molecule has 0 spiro atoms. The summed E-state index contributed by atoms with van der Waals surface area (Å²) < 4.78 is 0. The summed E-state index contributed by atoms with van der Waals surface area (Å²) in [6.07, 6.45) is 22.4. The SMILES string of the molecule is C=C(CC)/C(C1=CC=C(C(CC)=NC(=NCc2ccc(-c3ccccc3)cc2)c2ccc(C3C=CC=CC3)cc2)CC1)=C(\C=C/C)c1ccc(-c2ccccc2)cc1. The summed E-state index contributed by atoms with van der Waals surface area (Å²) in [6, 6.07) is 47.7. The molecule has 58 heavy (non-hydrogen) atoms. The van der Waals surface area contributed by atoms with Gasteiger partial charge in [-0.05, 0) is 106 Å². The van der Waals surface area contributed by atoms with E-state index in [1.54, 1.807) is 0 Å². The minimum absolute atomic E-state index is 0.398. The lowest BCUT2D eigenvalue weighted by Crippen LogP contribution is -2.11. The average molecular weight is 755 g/mol. The molecule has 0 aromatic heterocycles. The molecule has 0 fully saturated rings. The lowest BCUT2D eigenvalue weighted by molar-refractivity contribution is 0.853. The highest BCUT2D eigenvalue weighted by atomic mass is 14.9. The molecule has 7 rings (SSSR count). The predicted molar refractivity (Wildman–Crippen MR) is 250 cm³/mol. The van der Waals surface area contributed by atoms with Gasteiger partial charge in [-0.2, -0.15) is 0 Å². The monoisotopic (exact) mass is 754 g/mol. The molecule has 0 saturated carbocycles. The molecule has 2 aliphatic carbocycles. The van der Waals surface area contributed by atoms with Crippen molar-refractivity contribution in [2.45, 2.75) is 65.3 Å². The second kappa shape index (κ2) is 19.7. The number of hydrogen-bond acceptors (Lipinski definition) is 1. The first-order valence-corrected chi connectivity index (χ1v) is 20.9. The van der Waals surface area contributed by atoms with Crippen molar-refractivity contribution < 1.29 is 0 Å². The van der Waals surface area contributed by atoms with Gasteiger partial charge in [0.1, 0.15) is 0 Å². The van der Waals surface area contributed by atoms with E-state index in [1.807, 2.05) is 0 Å². The third-order valence-corrected chi connectivity index (χ3v) is 11.2. The zero-order chi connectivity index (χ0) is 40.1. The summed E-state index contributed by atoms with van der Waals surface area (Å²) >= 11 is 0. The number of amidine groups is 1. The van der Waals surface area contributed by atoms with E-state index < -0.39 is 0 Å². The molecular weight excluding hydrogens is 701 g/mol. The van der Waals surface area contributed by atoms with E-state index in [-0.39, 0.29) is 0 Å². The Hall–Kier alpha value is -6.38. The second-order valence-corrected chi connectivity index (χ2v) is 15.0. The number of allylic oxidation sites excluding steroid dienone is 13. The van der Waals surface area contributed by atoms with Crippen molar-refractivity contribution in [1.29, 1.82) is 0 Å². The molecule has 1 atom stereocenters. The number of benzene rings is 5. The molecule has 2 nitrogen and oxygen atoms in total. The fourth-order valence-corrected chi connectivity index (χ4v) is 7.82. The summed E-state index contributed by atoms with van der Waals surface area (Å²) in [5, 5.41) is 0. The van der Waals surface area contributed by atoms with E-state index in [4.69, 9.17) is 9.98 Å². The molecule has 0 bridgehead atoms. The quantitative estimate of drug-likeness (QED) is 0.0650. The zero-order valence-corrected chi connectivity index (χ0v) is 34.2. The largest absolute Gasteiger partial charge is 0.261 e. The van der Waals surface area contributed by atoms with E-state index in [2.05, 4.69) is 209 Å². The van der Waals surface area contributed by atoms with Gasteiger partial charge in [0, 0.05) is 17.2 Å². The first-order chi connectivity index (χ1) is 28.5. The molecule has 0 heterocycles. The Balaban J connectivity index is 1.21. The van der Waals surface area contributed by atoms with Crippen molar-refractivity contribution in [3.63, 3.8) is 0 Å². The van der Waals surface area contributed by atoms with Crippen LogP contribution >= 0.6 is 0 Å². The van der Waals surface area contributed by atoms with Crippen molar-refractivity contribution in [3.8, 4) is 22.3 Å². The van der Waals surface area contributed by atoms with Gasteiger partial charge in [-0.3, -0.25) is 4.99 Å². The van der Waals surface area contributed by atoms with E-state index in [1.165, 1.54) is 55.7 Å². The molecule has 0 N–H and O–H groups in total. The number of aliphatic imine (C=N–C) groups is 2. The summed E-state index contributed by atoms with van der Waals surface area (Å²) in [6.45, 7) is 11.6. The highest BCUT2D eigenvalue weighted by molar-refractivity contribution is 6.12. The van der Waals surface area contributed by atoms with Crippen LogP contribution in [0, 0.1) is 0 Å². The highest BCUT2D eigenvalue weighted by Gasteiger charge is 2.20. The minimum atomic E-state index is 0.398. The Kier molecular flexibility index (Phi) is 13.5. The van der Waals surface area contributed by atoms with Crippen molar-refractivity contribution in [2.24, 2.45) is 9.98 Å². The maximum Gasteiger partial charge on any atom is 0.155 e.